The zero-order valence-corrected chi connectivity index (χ0v) is 21.2. The summed E-state index contributed by atoms with van der Waals surface area (Å²) in [5.41, 5.74) is 11.0. The average Bonchev–Trinajstić information content (AvgIpc) is 3.41. The first kappa shape index (κ1) is 22.5. The van der Waals surface area contributed by atoms with Gasteiger partial charge >= 0.3 is 0 Å². The first-order chi connectivity index (χ1) is 16.7. The molecule has 1 aromatic carbocycles. The van der Waals surface area contributed by atoms with E-state index in [1.54, 1.807) is 11.1 Å². The Morgan fingerprint density at radius 2 is 1.56 bits per heavy atom. The molecule has 6 rings (SSSR count). The quantitative estimate of drug-likeness (QED) is 0.452. The molecule has 0 bridgehead atoms. The largest absolute Gasteiger partial charge is 0.300 e. The summed E-state index contributed by atoms with van der Waals surface area (Å²) in [5.74, 6) is 1.18. The Hall–Kier alpha value is -1.96. The number of rotatable bonds is 5. The lowest BCUT2D eigenvalue weighted by Crippen LogP contribution is -2.37. The molecule has 2 aromatic rings. The second kappa shape index (κ2) is 9.25. The maximum absolute atomic E-state index is 9.57. The predicted molar refractivity (Wildman–Crippen MR) is 141 cm³/mol. The number of nitrogens with zero attached hydrogens (tertiary/aromatic N) is 1. The van der Waals surface area contributed by atoms with E-state index in [-0.39, 0.29) is 0 Å². The molecular weight excluding hydrogens is 412 g/mol. The number of nitrogens with one attached hydrogen (secondary N) is 1. The molecule has 180 valence electrons. The summed E-state index contributed by atoms with van der Waals surface area (Å²) >= 11 is 0. The highest BCUT2D eigenvalue weighted by Gasteiger charge is 2.43. The fourth-order valence-electron chi connectivity index (χ4n) is 7.73. The summed E-state index contributed by atoms with van der Waals surface area (Å²) in [5, 5.41) is 9.57. The van der Waals surface area contributed by atoms with Crippen LogP contribution in [0.1, 0.15) is 141 Å². The number of hydrogen-bond donors (Lipinski definition) is 1. The van der Waals surface area contributed by atoms with Crippen LogP contribution in [0.5, 0.6) is 0 Å². The molecule has 1 aromatic heterocycles. The van der Waals surface area contributed by atoms with Gasteiger partial charge in [-0.3, -0.25) is 10.4 Å². The van der Waals surface area contributed by atoms with Crippen LogP contribution >= 0.6 is 0 Å². The molecule has 0 aliphatic heterocycles. The van der Waals surface area contributed by atoms with E-state index in [9.17, 15) is 5.41 Å². The second-order valence-corrected chi connectivity index (χ2v) is 12.0. The molecule has 0 amide bonds. The monoisotopic (exact) mass is 454 g/mol. The Morgan fingerprint density at radius 3 is 2.21 bits per heavy atom. The van der Waals surface area contributed by atoms with E-state index >= 15 is 0 Å². The summed E-state index contributed by atoms with van der Waals surface area (Å²) in [6, 6.07) is 8.86. The highest BCUT2D eigenvalue weighted by molar-refractivity contribution is 6.13. The minimum Gasteiger partial charge on any atom is -0.300 e. The number of aromatic nitrogens is 1. The Kier molecular flexibility index (Phi) is 6.12. The van der Waals surface area contributed by atoms with Crippen molar-refractivity contribution in [2.24, 2.45) is 5.41 Å². The summed E-state index contributed by atoms with van der Waals surface area (Å²) in [6.45, 7) is 2.21. The minimum absolute atomic E-state index is 0.553. The van der Waals surface area contributed by atoms with Gasteiger partial charge in [-0.1, -0.05) is 69.7 Å². The van der Waals surface area contributed by atoms with E-state index < -0.39 is 0 Å². The third-order valence-corrected chi connectivity index (χ3v) is 9.97. The van der Waals surface area contributed by atoms with Gasteiger partial charge in [-0.2, -0.15) is 0 Å². The van der Waals surface area contributed by atoms with E-state index in [1.165, 1.54) is 119 Å². The standard InChI is InChI=1S/C32H42N2/c1-2-22-13-15-24(16-14-22)30(33)29-28(23-9-4-3-5-10-23)26-17-20-32(18-8-19-32)21-27(26)34-31(29)25-11-6-7-12-25/h13-16,23,25,33H,2-12,17-21H2,1H3. The molecule has 0 unspecified atom stereocenters. The van der Waals surface area contributed by atoms with Crippen LogP contribution in [0.3, 0.4) is 0 Å². The lowest BCUT2D eigenvalue weighted by atomic mass is 9.59. The van der Waals surface area contributed by atoms with E-state index in [2.05, 4.69) is 31.2 Å². The van der Waals surface area contributed by atoms with Crippen LogP contribution in [-0.2, 0) is 19.3 Å². The van der Waals surface area contributed by atoms with E-state index in [0.29, 0.717) is 17.3 Å². The number of pyridine rings is 1. The summed E-state index contributed by atoms with van der Waals surface area (Å²) in [6.07, 6.45) is 20.9. The van der Waals surface area contributed by atoms with Gasteiger partial charge in [0, 0.05) is 22.7 Å². The summed E-state index contributed by atoms with van der Waals surface area (Å²) in [4.78, 5) is 5.57. The molecular formula is C32H42N2. The van der Waals surface area contributed by atoms with Crippen molar-refractivity contribution in [3.8, 4) is 0 Å². The van der Waals surface area contributed by atoms with Crippen molar-refractivity contribution in [2.45, 2.75) is 121 Å². The Labute approximate surface area is 206 Å². The van der Waals surface area contributed by atoms with Crippen molar-refractivity contribution in [3.63, 3.8) is 0 Å². The lowest BCUT2D eigenvalue weighted by Gasteiger charge is -2.46. The van der Waals surface area contributed by atoms with E-state index in [4.69, 9.17) is 4.98 Å². The Morgan fingerprint density at radius 1 is 0.882 bits per heavy atom. The van der Waals surface area contributed by atoms with Crippen LogP contribution in [0.4, 0.5) is 0 Å². The molecule has 1 spiro atoms. The third kappa shape index (κ3) is 3.95. The first-order valence-corrected chi connectivity index (χ1v) is 14.4. The van der Waals surface area contributed by atoms with Gasteiger partial charge in [-0.25, -0.2) is 0 Å². The molecule has 0 radical (unpaired) electrons. The molecule has 1 N–H and O–H groups in total. The Bertz CT molecular complexity index is 1050. The van der Waals surface area contributed by atoms with Crippen molar-refractivity contribution in [3.05, 3.63) is 63.5 Å². The topological polar surface area (TPSA) is 36.7 Å². The molecule has 0 atom stereocenters. The molecule has 2 heteroatoms. The molecule has 4 aliphatic rings. The number of fused-ring (bicyclic) bond motifs is 1. The van der Waals surface area contributed by atoms with Gasteiger partial charge in [0.25, 0.3) is 0 Å². The average molecular weight is 455 g/mol. The maximum Gasteiger partial charge on any atom is 0.0705 e. The number of hydrogen-bond acceptors (Lipinski definition) is 2. The van der Waals surface area contributed by atoms with Crippen molar-refractivity contribution < 1.29 is 0 Å². The molecule has 3 fully saturated rings. The van der Waals surface area contributed by atoms with Gasteiger partial charge < -0.3 is 0 Å². The number of benzene rings is 1. The van der Waals surface area contributed by atoms with Gasteiger partial charge in [0.1, 0.15) is 0 Å². The van der Waals surface area contributed by atoms with Gasteiger partial charge in [0.15, 0.2) is 0 Å². The minimum atomic E-state index is 0.553. The molecule has 1 heterocycles. The van der Waals surface area contributed by atoms with E-state index in [0.717, 1.165) is 17.7 Å². The van der Waals surface area contributed by atoms with Crippen LogP contribution in [0.15, 0.2) is 24.3 Å². The summed E-state index contributed by atoms with van der Waals surface area (Å²) in [7, 11) is 0. The van der Waals surface area contributed by atoms with Crippen molar-refractivity contribution in [1.82, 2.24) is 4.98 Å². The number of aryl methyl sites for hydroxylation is 1. The van der Waals surface area contributed by atoms with E-state index in [1.807, 2.05) is 0 Å². The normalized spacial score (nSPS) is 22.5. The van der Waals surface area contributed by atoms with Gasteiger partial charge in [0.05, 0.1) is 11.4 Å². The van der Waals surface area contributed by atoms with Crippen molar-refractivity contribution in [2.75, 3.05) is 0 Å². The molecule has 4 aliphatic carbocycles. The Balaban J connectivity index is 1.52. The molecule has 0 saturated heterocycles. The van der Waals surface area contributed by atoms with Gasteiger partial charge in [-0.05, 0) is 92.2 Å². The van der Waals surface area contributed by atoms with Crippen LogP contribution in [0.2, 0.25) is 0 Å². The van der Waals surface area contributed by atoms with Crippen LogP contribution in [-0.4, -0.2) is 10.7 Å². The fourth-order valence-corrected chi connectivity index (χ4v) is 7.73. The lowest BCUT2D eigenvalue weighted by molar-refractivity contribution is 0.109. The molecule has 3 saturated carbocycles. The van der Waals surface area contributed by atoms with Crippen molar-refractivity contribution in [1.29, 1.82) is 5.41 Å². The first-order valence-electron chi connectivity index (χ1n) is 14.4. The molecule has 2 nitrogen and oxygen atoms in total. The van der Waals surface area contributed by atoms with Crippen LogP contribution in [0.25, 0.3) is 0 Å². The second-order valence-electron chi connectivity index (χ2n) is 12.0. The summed E-state index contributed by atoms with van der Waals surface area (Å²) < 4.78 is 0. The fraction of sp³-hybridized carbons (Fsp3) is 0.625. The SMILES string of the molecule is CCc1ccc(C(=N)c2c(C3CCCC3)nc3c(c2C2CCCCC2)CCC2(CCC2)C3)cc1. The highest BCUT2D eigenvalue weighted by atomic mass is 14.8. The maximum atomic E-state index is 9.57. The smallest absolute Gasteiger partial charge is 0.0705 e. The van der Waals surface area contributed by atoms with Gasteiger partial charge in [-0.15, -0.1) is 0 Å². The van der Waals surface area contributed by atoms with Gasteiger partial charge in [0.2, 0.25) is 0 Å². The zero-order chi connectivity index (χ0) is 23.1. The van der Waals surface area contributed by atoms with Crippen LogP contribution < -0.4 is 0 Å². The van der Waals surface area contributed by atoms with Crippen LogP contribution in [0, 0.1) is 10.8 Å². The highest BCUT2D eigenvalue weighted by Crippen LogP contribution is 2.52. The predicted octanol–water partition coefficient (Wildman–Crippen LogP) is 8.42. The molecule has 34 heavy (non-hydrogen) atoms. The zero-order valence-electron chi connectivity index (χ0n) is 21.2. The third-order valence-electron chi connectivity index (χ3n) is 9.97. The van der Waals surface area contributed by atoms with Crippen molar-refractivity contribution >= 4 is 5.71 Å².